The Bertz CT molecular complexity index is 384. The number of amides is 3. The van der Waals surface area contributed by atoms with Gasteiger partial charge < -0.3 is 5.32 Å². The second-order valence-electron chi connectivity index (χ2n) is 2.62. The molecule has 6 heteroatoms. The molecule has 80 valence electrons. The molecule has 0 aliphatic rings. The molecule has 0 atom stereocenters. The molecule has 15 heavy (non-hydrogen) atoms. The van der Waals surface area contributed by atoms with Gasteiger partial charge in [0, 0.05) is 3.57 Å². The molecule has 0 radical (unpaired) electrons. The van der Waals surface area contributed by atoms with Crippen molar-refractivity contribution in [1.82, 2.24) is 5.32 Å². The van der Waals surface area contributed by atoms with Crippen LogP contribution in [0.3, 0.4) is 0 Å². The Balaban J connectivity index is 2.59. The van der Waals surface area contributed by atoms with Crippen molar-refractivity contribution < 1.29 is 9.59 Å². The maximum absolute atomic E-state index is 11.2. The van der Waals surface area contributed by atoms with E-state index in [0.717, 1.165) is 3.57 Å². The van der Waals surface area contributed by atoms with E-state index in [1.165, 1.54) is 0 Å². The molecule has 0 saturated carbocycles. The van der Waals surface area contributed by atoms with Crippen molar-refractivity contribution >= 4 is 51.8 Å². The number of rotatable bonds is 2. The summed E-state index contributed by atoms with van der Waals surface area (Å²) in [6.45, 7) is 0. The molecule has 0 aliphatic carbocycles. The van der Waals surface area contributed by atoms with Gasteiger partial charge in [-0.3, -0.25) is 10.1 Å². The number of halogens is 2. The minimum atomic E-state index is -0.579. The highest BCUT2D eigenvalue weighted by Gasteiger charge is 2.07. The lowest BCUT2D eigenvalue weighted by Gasteiger charge is -2.06. The Morgan fingerprint density at radius 1 is 1.33 bits per heavy atom. The standard InChI is InChI=1S/C9H8ClIN2O2/c10-5-8(14)13-9(15)12-7-4-2-1-3-6(7)11/h1-4H,5H2,(H2,12,13,14,15). The van der Waals surface area contributed by atoms with Crippen LogP contribution in [0.1, 0.15) is 0 Å². The van der Waals surface area contributed by atoms with Gasteiger partial charge in [-0.25, -0.2) is 4.79 Å². The fraction of sp³-hybridized carbons (Fsp3) is 0.111. The quantitative estimate of drug-likeness (QED) is 0.641. The molecule has 1 rings (SSSR count). The van der Waals surface area contributed by atoms with E-state index in [1.54, 1.807) is 12.1 Å². The minimum absolute atomic E-state index is 0.237. The van der Waals surface area contributed by atoms with E-state index in [9.17, 15) is 9.59 Å². The summed E-state index contributed by atoms with van der Waals surface area (Å²) in [5.74, 6) is -0.764. The first-order valence-corrected chi connectivity index (χ1v) is 5.66. The lowest BCUT2D eigenvalue weighted by Crippen LogP contribution is -2.35. The Labute approximate surface area is 106 Å². The first-order valence-electron chi connectivity index (χ1n) is 4.05. The number of carbonyl (C=O) groups excluding carboxylic acids is 2. The van der Waals surface area contributed by atoms with Gasteiger partial charge in [0.05, 0.1) is 5.69 Å². The molecule has 3 amide bonds. The van der Waals surface area contributed by atoms with Gasteiger partial charge in [0.1, 0.15) is 5.88 Å². The van der Waals surface area contributed by atoms with E-state index in [1.807, 2.05) is 12.1 Å². The van der Waals surface area contributed by atoms with E-state index >= 15 is 0 Å². The smallest absolute Gasteiger partial charge is 0.307 e. The van der Waals surface area contributed by atoms with Crippen molar-refractivity contribution in [3.8, 4) is 0 Å². The predicted octanol–water partition coefficient (Wildman–Crippen LogP) is 2.18. The second kappa shape index (κ2) is 5.92. The lowest BCUT2D eigenvalue weighted by molar-refractivity contribution is -0.117. The van der Waals surface area contributed by atoms with E-state index in [-0.39, 0.29) is 5.88 Å². The number of carbonyl (C=O) groups is 2. The molecule has 0 spiro atoms. The van der Waals surface area contributed by atoms with Crippen molar-refractivity contribution in [3.05, 3.63) is 27.8 Å². The highest BCUT2D eigenvalue weighted by molar-refractivity contribution is 14.1. The Hall–Kier alpha value is -0.820. The van der Waals surface area contributed by atoms with Crippen LogP contribution >= 0.6 is 34.2 Å². The number of nitrogens with one attached hydrogen (secondary N) is 2. The number of benzene rings is 1. The van der Waals surface area contributed by atoms with Crippen molar-refractivity contribution in [1.29, 1.82) is 0 Å². The van der Waals surface area contributed by atoms with E-state index in [4.69, 9.17) is 11.6 Å². The molecule has 0 saturated heterocycles. The first-order chi connectivity index (χ1) is 7.13. The third-order valence-electron chi connectivity index (χ3n) is 1.50. The van der Waals surface area contributed by atoms with Crippen LogP contribution in [0.15, 0.2) is 24.3 Å². The molecular formula is C9H8ClIN2O2. The summed E-state index contributed by atoms with van der Waals surface area (Å²) >= 11 is 7.32. The number of para-hydroxylation sites is 1. The van der Waals surface area contributed by atoms with Crippen LogP contribution in [0.25, 0.3) is 0 Å². The van der Waals surface area contributed by atoms with Gasteiger partial charge in [0.25, 0.3) is 0 Å². The largest absolute Gasteiger partial charge is 0.325 e. The van der Waals surface area contributed by atoms with Crippen LogP contribution in [0.4, 0.5) is 10.5 Å². The zero-order valence-corrected chi connectivity index (χ0v) is 10.5. The molecule has 0 aromatic heterocycles. The number of imide groups is 1. The number of hydrogen-bond acceptors (Lipinski definition) is 2. The maximum atomic E-state index is 11.2. The first kappa shape index (κ1) is 12.3. The highest BCUT2D eigenvalue weighted by atomic mass is 127. The molecule has 1 aromatic carbocycles. The van der Waals surface area contributed by atoms with Gasteiger partial charge in [-0.15, -0.1) is 11.6 Å². The van der Waals surface area contributed by atoms with Crippen LogP contribution in [0.5, 0.6) is 0 Å². The predicted molar refractivity (Wildman–Crippen MR) is 67.0 cm³/mol. The van der Waals surface area contributed by atoms with Gasteiger partial charge in [-0.2, -0.15) is 0 Å². The number of alkyl halides is 1. The average Bonchev–Trinajstić information content (AvgIpc) is 2.21. The zero-order valence-electron chi connectivity index (χ0n) is 7.59. The van der Waals surface area contributed by atoms with Crippen molar-refractivity contribution in [3.63, 3.8) is 0 Å². The summed E-state index contributed by atoms with van der Waals surface area (Å²) < 4.78 is 0.892. The topological polar surface area (TPSA) is 58.2 Å². The zero-order chi connectivity index (χ0) is 11.3. The van der Waals surface area contributed by atoms with Crippen LogP contribution < -0.4 is 10.6 Å². The summed E-state index contributed by atoms with van der Waals surface area (Å²) in [7, 11) is 0. The van der Waals surface area contributed by atoms with Gasteiger partial charge in [-0.1, -0.05) is 12.1 Å². The van der Waals surface area contributed by atoms with Gasteiger partial charge >= 0.3 is 6.03 Å². The van der Waals surface area contributed by atoms with Gasteiger partial charge in [-0.05, 0) is 34.7 Å². The van der Waals surface area contributed by atoms with E-state index < -0.39 is 11.9 Å². The molecule has 0 bridgehead atoms. The van der Waals surface area contributed by atoms with Crippen molar-refractivity contribution in [2.24, 2.45) is 0 Å². The molecule has 0 aliphatic heterocycles. The number of hydrogen-bond donors (Lipinski definition) is 2. The molecule has 2 N–H and O–H groups in total. The molecular weight excluding hydrogens is 330 g/mol. The Morgan fingerprint density at radius 3 is 2.60 bits per heavy atom. The van der Waals surface area contributed by atoms with E-state index in [0.29, 0.717) is 5.69 Å². The Kier molecular flexibility index (Phi) is 4.83. The van der Waals surface area contributed by atoms with Crippen LogP contribution in [-0.4, -0.2) is 17.8 Å². The number of anilines is 1. The van der Waals surface area contributed by atoms with E-state index in [2.05, 4.69) is 33.2 Å². The second-order valence-corrected chi connectivity index (χ2v) is 4.05. The number of urea groups is 1. The van der Waals surface area contributed by atoms with Crippen molar-refractivity contribution in [2.45, 2.75) is 0 Å². The molecule has 1 aromatic rings. The summed E-state index contributed by atoms with van der Waals surface area (Å²) in [6, 6.07) is 6.66. The lowest BCUT2D eigenvalue weighted by atomic mass is 10.3. The van der Waals surface area contributed by atoms with Crippen LogP contribution in [0, 0.1) is 3.57 Å². The minimum Gasteiger partial charge on any atom is -0.307 e. The fourth-order valence-electron chi connectivity index (χ4n) is 0.876. The summed E-state index contributed by atoms with van der Waals surface area (Å²) in [6.07, 6.45) is 0. The fourth-order valence-corrected chi connectivity index (χ4v) is 1.47. The van der Waals surface area contributed by atoms with Crippen LogP contribution in [0.2, 0.25) is 0 Å². The normalized spacial score (nSPS) is 9.47. The molecule has 0 fully saturated rings. The third-order valence-corrected chi connectivity index (χ3v) is 2.68. The maximum Gasteiger partial charge on any atom is 0.325 e. The molecule has 0 heterocycles. The monoisotopic (exact) mass is 338 g/mol. The van der Waals surface area contributed by atoms with Crippen molar-refractivity contribution in [2.75, 3.05) is 11.2 Å². The highest BCUT2D eigenvalue weighted by Crippen LogP contribution is 2.16. The SMILES string of the molecule is O=C(CCl)NC(=O)Nc1ccccc1I. The molecule has 0 unspecified atom stereocenters. The van der Waals surface area contributed by atoms with Gasteiger partial charge in [0.15, 0.2) is 0 Å². The van der Waals surface area contributed by atoms with Gasteiger partial charge in [0.2, 0.25) is 5.91 Å². The third kappa shape index (κ3) is 4.05. The summed E-state index contributed by atoms with van der Waals surface area (Å²) in [5.41, 5.74) is 0.651. The average molecular weight is 339 g/mol. The Morgan fingerprint density at radius 2 is 2.00 bits per heavy atom. The summed E-state index contributed by atoms with van der Waals surface area (Å²) in [5, 5.41) is 4.62. The van der Waals surface area contributed by atoms with Crippen LogP contribution in [-0.2, 0) is 4.79 Å². The molecule has 4 nitrogen and oxygen atoms in total. The summed E-state index contributed by atoms with van der Waals surface area (Å²) in [4.78, 5) is 22.0.